The van der Waals surface area contributed by atoms with Gasteiger partial charge in [-0.05, 0) is 30.9 Å². The van der Waals surface area contributed by atoms with Crippen molar-refractivity contribution in [3.05, 3.63) is 23.5 Å². The summed E-state index contributed by atoms with van der Waals surface area (Å²) in [6.45, 7) is 1.88. The maximum atomic E-state index is 13.6. The van der Waals surface area contributed by atoms with Crippen molar-refractivity contribution in [2.45, 2.75) is 11.8 Å². The molecule has 7 heteroatoms. The fourth-order valence-electron chi connectivity index (χ4n) is 1.23. The number of halogens is 1. The average Bonchev–Trinajstić information content (AvgIpc) is 2.23. The second-order valence-electron chi connectivity index (χ2n) is 3.53. The van der Waals surface area contributed by atoms with Crippen molar-refractivity contribution in [2.24, 2.45) is 0 Å². The molecule has 0 saturated carbocycles. The highest BCUT2D eigenvalue weighted by molar-refractivity contribution is 7.98. The normalized spacial score (nSPS) is 11.7. The van der Waals surface area contributed by atoms with Crippen LogP contribution in [0, 0.1) is 12.7 Å². The summed E-state index contributed by atoms with van der Waals surface area (Å²) in [5.41, 5.74) is 6.36. The van der Waals surface area contributed by atoms with E-state index in [0.717, 1.165) is 12.1 Å². The molecule has 0 unspecified atom stereocenters. The third kappa shape index (κ3) is 3.58. The molecule has 0 aromatic heterocycles. The summed E-state index contributed by atoms with van der Waals surface area (Å²) in [6.07, 6.45) is 1.86. The minimum atomic E-state index is -3.82. The number of hydrogen-bond acceptors (Lipinski definition) is 4. The van der Waals surface area contributed by atoms with Gasteiger partial charge in [0.1, 0.15) is 10.7 Å². The number of anilines is 1. The van der Waals surface area contributed by atoms with Gasteiger partial charge >= 0.3 is 0 Å². The van der Waals surface area contributed by atoms with Gasteiger partial charge in [0.05, 0.1) is 0 Å². The van der Waals surface area contributed by atoms with Gasteiger partial charge in [0.25, 0.3) is 0 Å². The molecule has 0 spiro atoms. The van der Waals surface area contributed by atoms with Gasteiger partial charge in [-0.15, -0.1) is 0 Å². The SMILES string of the molecule is CSCCNS(=O)(=O)c1cc(N)c(C)cc1F. The molecule has 0 atom stereocenters. The summed E-state index contributed by atoms with van der Waals surface area (Å²) < 4.78 is 39.4. The lowest BCUT2D eigenvalue weighted by atomic mass is 10.2. The van der Waals surface area contributed by atoms with Crippen LogP contribution < -0.4 is 10.5 Å². The van der Waals surface area contributed by atoms with Gasteiger partial charge in [0.2, 0.25) is 10.0 Å². The first-order chi connectivity index (χ1) is 7.88. The Bertz CT molecular complexity index is 503. The first-order valence-corrected chi connectivity index (χ1v) is 7.80. The number of nitrogen functional groups attached to an aromatic ring is 1. The third-order valence-electron chi connectivity index (χ3n) is 2.21. The summed E-state index contributed by atoms with van der Waals surface area (Å²) >= 11 is 1.50. The summed E-state index contributed by atoms with van der Waals surface area (Å²) in [5.74, 6) is -0.157. The molecule has 0 fully saturated rings. The van der Waals surface area contributed by atoms with E-state index < -0.39 is 20.7 Å². The number of benzene rings is 1. The van der Waals surface area contributed by atoms with Crippen LogP contribution in [0.15, 0.2) is 17.0 Å². The van der Waals surface area contributed by atoms with E-state index in [-0.39, 0.29) is 12.2 Å². The standard InChI is InChI=1S/C10H15FN2O2S2/c1-7-5-8(11)10(6-9(7)12)17(14,15)13-3-4-16-2/h5-6,13H,3-4,12H2,1-2H3. The van der Waals surface area contributed by atoms with Crippen molar-refractivity contribution in [2.75, 3.05) is 24.3 Å². The van der Waals surface area contributed by atoms with Gasteiger partial charge in [0, 0.05) is 18.0 Å². The monoisotopic (exact) mass is 278 g/mol. The number of hydrogen-bond donors (Lipinski definition) is 2. The van der Waals surface area contributed by atoms with E-state index in [0.29, 0.717) is 11.3 Å². The quantitative estimate of drug-likeness (QED) is 0.630. The van der Waals surface area contributed by atoms with Crippen LogP contribution in [0.3, 0.4) is 0 Å². The zero-order valence-electron chi connectivity index (χ0n) is 9.66. The molecular formula is C10H15FN2O2S2. The zero-order valence-corrected chi connectivity index (χ0v) is 11.3. The molecule has 4 nitrogen and oxygen atoms in total. The first kappa shape index (κ1) is 14.3. The van der Waals surface area contributed by atoms with Crippen molar-refractivity contribution in [3.8, 4) is 0 Å². The minimum Gasteiger partial charge on any atom is -0.398 e. The van der Waals surface area contributed by atoms with E-state index in [9.17, 15) is 12.8 Å². The van der Waals surface area contributed by atoms with Crippen molar-refractivity contribution in [1.29, 1.82) is 0 Å². The molecule has 0 aliphatic rings. The van der Waals surface area contributed by atoms with Crippen molar-refractivity contribution in [3.63, 3.8) is 0 Å². The maximum absolute atomic E-state index is 13.6. The van der Waals surface area contributed by atoms with E-state index >= 15 is 0 Å². The fourth-order valence-corrected chi connectivity index (χ4v) is 2.79. The Morgan fingerprint density at radius 2 is 2.12 bits per heavy atom. The van der Waals surface area contributed by atoms with Crippen LogP contribution in [0.5, 0.6) is 0 Å². The molecule has 0 amide bonds. The number of nitrogens with two attached hydrogens (primary N) is 1. The number of rotatable bonds is 5. The predicted molar refractivity (Wildman–Crippen MR) is 69.1 cm³/mol. The van der Waals surface area contributed by atoms with Gasteiger partial charge in [0.15, 0.2) is 0 Å². The van der Waals surface area contributed by atoms with Crippen LogP contribution in [0.4, 0.5) is 10.1 Å². The molecule has 1 aromatic carbocycles. The van der Waals surface area contributed by atoms with Gasteiger partial charge in [-0.2, -0.15) is 11.8 Å². The van der Waals surface area contributed by atoms with Gasteiger partial charge < -0.3 is 5.73 Å². The number of aryl methyl sites for hydroxylation is 1. The van der Waals surface area contributed by atoms with Crippen LogP contribution in [-0.2, 0) is 10.0 Å². The lowest BCUT2D eigenvalue weighted by Gasteiger charge is -2.09. The topological polar surface area (TPSA) is 72.2 Å². The highest BCUT2D eigenvalue weighted by Crippen LogP contribution is 2.21. The van der Waals surface area contributed by atoms with E-state index in [4.69, 9.17) is 5.73 Å². The number of thioether (sulfide) groups is 1. The van der Waals surface area contributed by atoms with Crippen molar-refractivity contribution in [1.82, 2.24) is 4.72 Å². The molecule has 1 aromatic rings. The van der Waals surface area contributed by atoms with Gasteiger partial charge in [-0.1, -0.05) is 0 Å². The second kappa shape index (κ2) is 5.70. The van der Waals surface area contributed by atoms with Crippen molar-refractivity contribution < 1.29 is 12.8 Å². The second-order valence-corrected chi connectivity index (χ2v) is 6.25. The summed E-state index contributed by atoms with van der Waals surface area (Å²) in [7, 11) is -3.82. The van der Waals surface area contributed by atoms with Gasteiger partial charge in [-0.25, -0.2) is 17.5 Å². The van der Waals surface area contributed by atoms with E-state index in [2.05, 4.69) is 4.72 Å². The highest BCUT2D eigenvalue weighted by Gasteiger charge is 2.19. The van der Waals surface area contributed by atoms with E-state index in [1.165, 1.54) is 11.8 Å². The number of nitrogens with one attached hydrogen (secondary N) is 1. The third-order valence-corrected chi connectivity index (χ3v) is 4.30. The molecule has 0 aliphatic heterocycles. The van der Waals surface area contributed by atoms with Crippen LogP contribution >= 0.6 is 11.8 Å². The van der Waals surface area contributed by atoms with Crippen LogP contribution in [0.2, 0.25) is 0 Å². The summed E-state index contributed by atoms with van der Waals surface area (Å²) in [6, 6.07) is 2.27. The minimum absolute atomic E-state index is 0.261. The van der Waals surface area contributed by atoms with Crippen LogP contribution in [0.1, 0.15) is 5.56 Å². The van der Waals surface area contributed by atoms with Gasteiger partial charge in [-0.3, -0.25) is 0 Å². The zero-order chi connectivity index (χ0) is 13.1. The summed E-state index contributed by atoms with van der Waals surface area (Å²) in [4.78, 5) is -0.401. The fraction of sp³-hybridized carbons (Fsp3) is 0.400. The van der Waals surface area contributed by atoms with Crippen LogP contribution in [-0.4, -0.2) is 27.0 Å². The van der Waals surface area contributed by atoms with E-state index in [1.54, 1.807) is 6.92 Å². The Hall–Kier alpha value is -0.790. The molecule has 0 saturated heterocycles. The molecule has 96 valence electrons. The Morgan fingerprint density at radius 1 is 1.47 bits per heavy atom. The Labute approximate surface area is 105 Å². The van der Waals surface area contributed by atoms with Crippen molar-refractivity contribution >= 4 is 27.5 Å². The molecule has 17 heavy (non-hydrogen) atoms. The smallest absolute Gasteiger partial charge is 0.243 e. The highest BCUT2D eigenvalue weighted by atomic mass is 32.2. The van der Waals surface area contributed by atoms with E-state index in [1.807, 2.05) is 6.26 Å². The maximum Gasteiger partial charge on any atom is 0.243 e. The summed E-state index contributed by atoms with van der Waals surface area (Å²) in [5, 5.41) is 0. The molecule has 3 N–H and O–H groups in total. The van der Waals surface area contributed by atoms with Crippen LogP contribution in [0.25, 0.3) is 0 Å². The molecular weight excluding hydrogens is 263 g/mol. The molecule has 0 bridgehead atoms. The Morgan fingerprint density at radius 3 is 2.71 bits per heavy atom. The molecule has 1 rings (SSSR count). The lowest BCUT2D eigenvalue weighted by Crippen LogP contribution is -2.27. The number of sulfonamides is 1. The molecule has 0 aliphatic carbocycles. The Balaban J connectivity index is 3.03. The lowest BCUT2D eigenvalue weighted by molar-refractivity contribution is 0.558. The molecule has 0 radical (unpaired) electrons. The largest absolute Gasteiger partial charge is 0.398 e. The average molecular weight is 278 g/mol. The Kier molecular flexibility index (Phi) is 4.79. The predicted octanol–water partition coefficient (Wildman–Crippen LogP) is 1.36. The first-order valence-electron chi connectivity index (χ1n) is 4.92. The molecule has 0 heterocycles.